The predicted molar refractivity (Wildman–Crippen MR) is 83.1 cm³/mol. The van der Waals surface area contributed by atoms with Crippen LogP contribution in [0.1, 0.15) is 24.9 Å². The van der Waals surface area contributed by atoms with Crippen molar-refractivity contribution < 1.29 is 5.11 Å². The van der Waals surface area contributed by atoms with E-state index in [-0.39, 0.29) is 0 Å². The van der Waals surface area contributed by atoms with E-state index in [0.717, 1.165) is 19.5 Å². The molecular weight excluding hydrogens is 250 g/mol. The Labute approximate surface area is 122 Å². The highest BCUT2D eigenvalue weighted by Gasteiger charge is 2.14. The highest BCUT2D eigenvalue weighted by molar-refractivity contribution is 5.27. The molecule has 1 atom stereocenters. The zero-order valence-corrected chi connectivity index (χ0v) is 12.7. The predicted octanol–water partition coefficient (Wildman–Crippen LogP) is 1.68. The molecule has 1 heterocycles. The summed E-state index contributed by atoms with van der Waals surface area (Å²) in [6.45, 7) is 9.03. The standard InChI is InChI=1S/C16H27N3O/c1-3-16(14-4-6-15(20)7-5-14)17-8-9-19-12-10-18(2)11-13-19/h4-7,16-17,20H,3,8-13H2,1-2H3. The molecule has 20 heavy (non-hydrogen) atoms. The summed E-state index contributed by atoms with van der Waals surface area (Å²) in [6, 6.07) is 7.92. The fraction of sp³-hybridized carbons (Fsp3) is 0.625. The second-order valence-electron chi connectivity index (χ2n) is 5.65. The minimum absolute atomic E-state index is 0.334. The largest absolute Gasteiger partial charge is 0.508 e. The Bertz CT molecular complexity index is 385. The van der Waals surface area contributed by atoms with Gasteiger partial charge in [-0.25, -0.2) is 0 Å². The lowest BCUT2D eigenvalue weighted by molar-refractivity contribution is 0.153. The molecule has 1 saturated heterocycles. The van der Waals surface area contributed by atoms with Crippen LogP contribution in [-0.2, 0) is 0 Å². The molecule has 4 heteroatoms. The molecule has 112 valence electrons. The summed E-state index contributed by atoms with van der Waals surface area (Å²) in [5, 5.41) is 13.0. The lowest BCUT2D eigenvalue weighted by atomic mass is 10.0. The van der Waals surface area contributed by atoms with Crippen molar-refractivity contribution in [2.24, 2.45) is 0 Å². The van der Waals surface area contributed by atoms with Gasteiger partial charge in [-0.3, -0.25) is 4.90 Å². The number of aromatic hydroxyl groups is 1. The van der Waals surface area contributed by atoms with Crippen molar-refractivity contribution in [2.45, 2.75) is 19.4 Å². The van der Waals surface area contributed by atoms with E-state index in [1.807, 2.05) is 12.1 Å². The summed E-state index contributed by atoms with van der Waals surface area (Å²) in [5.41, 5.74) is 1.25. The van der Waals surface area contributed by atoms with E-state index in [0.29, 0.717) is 11.8 Å². The van der Waals surface area contributed by atoms with Gasteiger partial charge in [-0.1, -0.05) is 19.1 Å². The van der Waals surface area contributed by atoms with Crippen LogP contribution >= 0.6 is 0 Å². The van der Waals surface area contributed by atoms with E-state index in [1.165, 1.54) is 31.7 Å². The normalized spacial score (nSPS) is 19.1. The zero-order chi connectivity index (χ0) is 14.4. The number of phenols is 1. The van der Waals surface area contributed by atoms with Crippen LogP contribution in [0, 0.1) is 0 Å². The molecule has 1 unspecified atom stereocenters. The summed E-state index contributed by atoms with van der Waals surface area (Å²) in [5.74, 6) is 0.334. The number of likely N-dealkylation sites (N-methyl/N-ethyl adjacent to an activating group) is 1. The van der Waals surface area contributed by atoms with Crippen molar-refractivity contribution >= 4 is 0 Å². The van der Waals surface area contributed by atoms with E-state index >= 15 is 0 Å². The second-order valence-corrected chi connectivity index (χ2v) is 5.65. The van der Waals surface area contributed by atoms with Crippen LogP contribution in [0.4, 0.5) is 0 Å². The van der Waals surface area contributed by atoms with E-state index in [1.54, 1.807) is 12.1 Å². The number of piperazine rings is 1. The third kappa shape index (κ3) is 4.47. The molecule has 0 aliphatic carbocycles. The molecule has 4 nitrogen and oxygen atoms in total. The molecule has 1 aliphatic rings. The van der Waals surface area contributed by atoms with Gasteiger partial charge < -0.3 is 15.3 Å². The average Bonchev–Trinajstić information content (AvgIpc) is 2.47. The maximum Gasteiger partial charge on any atom is 0.115 e. The van der Waals surface area contributed by atoms with Crippen LogP contribution in [-0.4, -0.2) is 61.2 Å². The minimum Gasteiger partial charge on any atom is -0.508 e. The summed E-state index contributed by atoms with van der Waals surface area (Å²) in [6.07, 6.45) is 1.06. The third-order valence-corrected chi connectivity index (χ3v) is 4.12. The van der Waals surface area contributed by atoms with Gasteiger partial charge in [0.15, 0.2) is 0 Å². The van der Waals surface area contributed by atoms with Crippen molar-refractivity contribution in [3.63, 3.8) is 0 Å². The SMILES string of the molecule is CCC(NCCN1CCN(C)CC1)c1ccc(O)cc1. The van der Waals surface area contributed by atoms with Crippen LogP contribution in [0.15, 0.2) is 24.3 Å². The Morgan fingerprint density at radius 2 is 1.80 bits per heavy atom. The number of nitrogens with one attached hydrogen (secondary N) is 1. The Kier molecular flexibility index (Phi) is 5.83. The molecule has 2 N–H and O–H groups in total. The molecule has 1 fully saturated rings. The fourth-order valence-corrected chi connectivity index (χ4v) is 2.67. The van der Waals surface area contributed by atoms with Crippen molar-refractivity contribution in [1.29, 1.82) is 0 Å². The first-order valence-corrected chi connectivity index (χ1v) is 7.62. The van der Waals surface area contributed by atoms with Gasteiger partial charge in [0, 0.05) is 45.3 Å². The molecule has 0 bridgehead atoms. The summed E-state index contributed by atoms with van der Waals surface area (Å²) in [4.78, 5) is 4.91. The van der Waals surface area contributed by atoms with Gasteiger partial charge in [0.1, 0.15) is 5.75 Å². The number of phenolic OH excluding ortho intramolecular Hbond substituents is 1. The number of hydrogen-bond acceptors (Lipinski definition) is 4. The van der Waals surface area contributed by atoms with Gasteiger partial charge in [0.05, 0.1) is 0 Å². The summed E-state index contributed by atoms with van der Waals surface area (Å²) >= 11 is 0. The van der Waals surface area contributed by atoms with Crippen LogP contribution < -0.4 is 5.32 Å². The number of nitrogens with zero attached hydrogens (tertiary/aromatic N) is 2. The van der Waals surface area contributed by atoms with Crippen molar-refractivity contribution in [1.82, 2.24) is 15.1 Å². The Morgan fingerprint density at radius 3 is 2.40 bits per heavy atom. The maximum absolute atomic E-state index is 9.35. The lowest BCUT2D eigenvalue weighted by Crippen LogP contribution is -2.46. The molecule has 0 spiro atoms. The van der Waals surface area contributed by atoms with Crippen LogP contribution in [0.25, 0.3) is 0 Å². The number of hydrogen-bond donors (Lipinski definition) is 2. The molecule has 0 radical (unpaired) electrons. The van der Waals surface area contributed by atoms with Gasteiger partial charge in [-0.05, 0) is 31.2 Å². The molecule has 1 aromatic carbocycles. The Balaban J connectivity index is 1.75. The summed E-state index contributed by atoms with van der Waals surface area (Å²) in [7, 11) is 2.19. The summed E-state index contributed by atoms with van der Waals surface area (Å²) < 4.78 is 0. The monoisotopic (exact) mass is 277 g/mol. The molecule has 1 aromatic rings. The van der Waals surface area contributed by atoms with E-state index in [9.17, 15) is 5.11 Å². The highest BCUT2D eigenvalue weighted by atomic mass is 16.3. The van der Waals surface area contributed by atoms with Crippen molar-refractivity contribution in [2.75, 3.05) is 46.3 Å². The number of benzene rings is 1. The second kappa shape index (κ2) is 7.62. The quantitative estimate of drug-likeness (QED) is 0.830. The van der Waals surface area contributed by atoms with Gasteiger partial charge in [0.25, 0.3) is 0 Å². The molecule has 0 aromatic heterocycles. The Morgan fingerprint density at radius 1 is 1.15 bits per heavy atom. The van der Waals surface area contributed by atoms with Gasteiger partial charge in [0.2, 0.25) is 0 Å². The molecule has 0 amide bonds. The minimum atomic E-state index is 0.334. The molecule has 0 saturated carbocycles. The van der Waals surface area contributed by atoms with E-state index in [4.69, 9.17) is 0 Å². The van der Waals surface area contributed by atoms with Gasteiger partial charge in [-0.2, -0.15) is 0 Å². The maximum atomic E-state index is 9.35. The molecule has 2 rings (SSSR count). The Hall–Kier alpha value is -1.10. The zero-order valence-electron chi connectivity index (χ0n) is 12.7. The molecular formula is C16H27N3O. The van der Waals surface area contributed by atoms with Crippen LogP contribution in [0.5, 0.6) is 5.75 Å². The topological polar surface area (TPSA) is 38.7 Å². The van der Waals surface area contributed by atoms with Crippen LogP contribution in [0.3, 0.4) is 0 Å². The van der Waals surface area contributed by atoms with Gasteiger partial charge in [-0.15, -0.1) is 0 Å². The number of rotatable bonds is 6. The third-order valence-electron chi connectivity index (χ3n) is 4.12. The van der Waals surface area contributed by atoms with Crippen LogP contribution in [0.2, 0.25) is 0 Å². The van der Waals surface area contributed by atoms with E-state index in [2.05, 4.69) is 29.1 Å². The highest BCUT2D eigenvalue weighted by Crippen LogP contribution is 2.19. The van der Waals surface area contributed by atoms with Crippen molar-refractivity contribution in [3.8, 4) is 5.75 Å². The molecule has 1 aliphatic heterocycles. The van der Waals surface area contributed by atoms with Gasteiger partial charge >= 0.3 is 0 Å². The first-order valence-electron chi connectivity index (χ1n) is 7.62. The lowest BCUT2D eigenvalue weighted by Gasteiger charge is -2.32. The smallest absolute Gasteiger partial charge is 0.115 e. The van der Waals surface area contributed by atoms with E-state index < -0.39 is 0 Å². The first-order chi connectivity index (χ1) is 9.69. The average molecular weight is 277 g/mol. The fourth-order valence-electron chi connectivity index (χ4n) is 2.67. The first kappa shape index (κ1) is 15.3. The van der Waals surface area contributed by atoms with Crippen molar-refractivity contribution in [3.05, 3.63) is 29.8 Å².